The van der Waals surface area contributed by atoms with Crippen LogP contribution in [0.4, 0.5) is 11.4 Å². The summed E-state index contributed by atoms with van der Waals surface area (Å²) in [5, 5.41) is 14.0. The predicted molar refractivity (Wildman–Crippen MR) is 125 cm³/mol. The van der Waals surface area contributed by atoms with Crippen molar-refractivity contribution in [2.45, 2.75) is 11.4 Å². The van der Waals surface area contributed by atoms with Crippen LogP contribution in [0.3, 0.4) is 0 Å². The lowest BCUT2D eigenvalue weighted by Gasteiger charge is -2.22. The summed E-state index contributed by atoms with van der Waals surface area (Å²) in [4.78, 5) is 23.1. The standard InChI is InChI=1S/C21H17BrClN3O5S/c22-16-6-10-20(11-7-16)32(30,31)25(13-15-4-8-17(23)9-5-15)14-21(27)24-18-2-1-3-19(12-18)26(28)29/h1-12H,13-14H2,(H,24,27). The first kappa shape index (κ1) is 23.9. The van der Waals surface area contributed by atoms with Gasteiger partial charge in [-0.3, -0.25) is 14.9 Å². The number of anilines is 1. The smallest absolute Gasteiger partial charge is 0.271 e. The van der Waals surface area contributed by atoms with Gasteiger partial charge in [0.1, 0.15) is 0 Å². The molecule has 3 aromatic rings. The van der Waals surface area contributed by atoms with E-state index in [2.05, 4.69) is 21.2 Å². The van der Waals surface area contributed by atoms with Crippen molar-refractivity contribution in [3.05, 3.63) is 98.0 Å². The summed E-state index contributed by atoms with van der Waals surface area (Å²) in [6, 6.07) is 18.1. The molecule has 0 unspecified atom stereocenters. The normalized spacial score (nSPS) is 11.3. The number of halogens is 2. The predicted octanol–water partition coefficient (Wildman–Crippen LogP) is 4.84. The minimum absolute atomic E-state index is 0.0258. The van der Waals surface area contributed by atoms with Crippen LogP contribution >= 0.6 is 27.5 Å². The Balaban J connectivity index is 1.87. The number of nitro groups is 1. The zero-order valence-electron chi connectivity index (χ0n) is 16.4. The highest BCUT2D eigenvalue weighted by molar-refractivity contribution is 9.10. The highest BCUT2D eigenvalue weighted by Crippen LogP contribution is 2.22. The van der Waals surface area contributed by atoms with E-state index in [0.717, 1.165) is 4.31 Å². The Morgan fingerprint density at radius 3 is 2.34 bits per heavy atom. The summed E-state index contributed by atoms with van der Waals surface area (Å²) in [6.45, 7) is -0.568. The maximum Gasteiger partial charge on any atom is 0.271 e. The van der Waals surface area contributed by atoms with Gasteiger partial charge < -0.3 is 5.32 Å². The van der Waals surface area contributed by atoms with Gasteiger partial charge in [0.15, 0.2) is 0 Å². The molecule has 0 atom stereocenters. The topological polar surface area (TPSA) is 110 Å². The van der Waals surface area contributed by atoms with Crippen molar-refractivity contribution in [2.75, 3.05) is 11.9 Å². The molecule has 0 heterocycles. The maximum atomic E-state index is 13.3. The summed E-state index contributed by atoms with van der Waals surface area (Å²) < 4.78 is 28.3. The lowest BCUT2D eigenvalue weighted by Crippen LogP contribution is -2.37. The van der Waals surface area contributed by atoms with Gasteiger partial charge in [-0.2, -0.15) is 4.31 Å². The summed E-state index contributed by atoms with van der Waals surface area (Å²) in [5.74, 6) is -0.639. The summed E-state index contributed by atoms with van der Waals surface area (Å²) in [5.41, 5.74) is 0.637. The highest BCUT2D eigenvalue weighted by atomic mass is 79.9. The molecule has 1 N–H and O–H groups in total. The number of carbonyl (C=O) groups is 1. The zero-order chi connectivity index (χ0) is 23.3. The Morgan fingerprint density at radius 2 is 1.72 bits per heavy atom. The van der Waals surface area contributed by atoms with Gasteiger partial charge in [0.05, 0.1) is 16.4 Å². The number of non-ortho nitro benzene ring substituents is 1. The van der Waals surface area contributed by atoms with E-state index < -0.39 is 27.4 Å². The molecule has 0 aliphatic heterocycles. The molecule has 166 valence electrons. The van der Waals surface area contributed by atoms with Crippen LogP contribution in [0.5, 0.6) is 0 Å². The molecular formula is C21H17BrClN3O5S. The van der Waals surface area contributed by atoms with Gasteiger partial charge in [0.25, 0.3) is 5.69 Å². The van der Waals surface area contributed by atoms with Crippen LogP contribution in [0, 0.1) is 10.1 Å². The number of nitrogens with one attached hydrogen (secondary N) is 1. The van der Waals surface area contributed by atoms with Crippen molar-refractivity contribution in [3.8, 4) is 0 Å². The fraction of sp³-hybridized carbons (Fsp3) is 0.0952. The van der Waals surface area contributed by atoms with E-state index in [1.165, 1.54) is 36.4 Å². The van der Waals surface area contributed by atoms with E-state index in [0.29, 0.717) is 15.1 Å². The zero-order valence-corrected chi connectivity index (χ0v) is 19.6. The molecule has 3 aromatic carbocycles. The molecule has 0 fully saturated rings. The minimum Gasteiger partial charge on any atom is -0.325 e. The first-order chi connectivity index (χ1) is 15.1. The van der Waals surface area contributed by atoms with Crippen LogP contribution in [0.15, 0.2) is 82.2 Å². The fourth-order valence-corrected chi connectivity index (χ4v) is 4.61. The average Bonchev–Trinajstić information content (AvgIpc) is 2.75. The molecule has 0 spiro atoms. The summed E-state index contributed by atoms with van der Waals surface area (Å²) in [6.07, 6.45) is 0. The Labute approximate surface area is 198 Å². The quantitative estimate of drug-likeness (QED) is 0.326. The monoisotopic (exact) mass is 537 g/mol. The van der Waals surface area contributed by atoms with Crippen molar-refractivity contribution in [3.63, 3.8) is 0 Å². The Hall–Kier alpha value is -2.79. The Bertz CT molecular complexity index is 1240. The molecular weight excluding hydrogens is 522 g/mol. The van der Waals surface area contributed by atoms with Crippen LogP contribution in [0.25, 0.3) is 0 Å². The van der Waals surface area contributed by atoms with Gasteiger partial charge in [0, 0.05) is 33.9 Å². The second-order valence-electron chi connectivity index (χ2n) is 6.71. The first-order valence-electron chi connectivity index (χ1n) is 9.19. The SMILES string of the molecule is O=C(CN(Cc1ccc(Cl)cc1)S(=O)(=O)c1ccc(Br)cc1)Nc1cccc([N+](=O)[O-])c1. The van der Waals surface area contributed by atoms with Gasteiger partial charge in [0.2, 0.25) is 15.9 Å². The number of sulfonamides is 1. The van der Waals surface area contributed by atoms with E-state index in [4.69, 9.17) is 11.6 Å². The second kappa shape index (κ2) is 10.2. The Kier molecular flexibility index (Phi) is 7.62. The van der Waals surface area contributed by atoms with Crippen LogP contribution in [0.2, 0.25) is 5.02 Å². The van der Waals surface area contributed by atoms with Gasteiger partial charge in [-0.05, 0) is 48.0 Å². The first-order valence-corrected chi connectivity index (χ1v) is 11.8. The van der Waals surface area contributed by atoms with Crippen LogP contribution in [-0.2, 0) is 21.4 Å². The molecule has 0 radical (unpaired) electrons. The molecule has 1 amide bonds. The van der Waals surface area contributed by atoms with Crippen LogP contribution < -0.4 is 5.32 Å². The van der Waals surface area contributed by atoms with E-state index in [1.54, 1.807) is 36.4 Å². The number of hydrogen-bond acceptors (Lipinski definition) is 5. The van der Waals surface area contributed by atoms with E-state index in [-0.39, 0.29) is 22.8 Å². The van der Waals surface area contributed by atoms with E-state index in [9.17, 15) is 23.3 Å². The third-order valence-corrected chi connectivity index (χ3v) is 6.97. The fourth-order valence-electron chi connectivity index (χ4n) is 2.83. The van der Waals surface area contributed by atoms with Crippen LogP contribution in [0.1, 0.15) is 5.56 Å². The molecule has 0 saturated heterocycles. The summed E-state index contributed by atoms with van der Waals surface area (Å²) in [7, 11) is -4.02. The van der Waals surface area contributed by atoms with Gasteiger partial charge in [-0.1, -0.05) is 45.7 Å². The lowest BCUT2D eigenvalue weighted by atomic mass is 10.2. The molecule has 0 saturated carbocycles. The van der Waals surface area contributed by atoms with Crippen molar-refractivity contribution < 1.29 is 18.1 Å². The number of benzene rings is 3. The van der Waals surface area contributed by atoms with Gasteiger partial charge >= 0.3 is 0 Å². The highest BCUT2D eigenvalue weighted by Gasteiger charge is 2.27. The van der Waals surface area contributed by atoms with Crippen molar-refractivity contribution in [2.24, 2.45) is 0 Å². The number of rotatable bonds is 8. The van der Waals surface area contributed by atoms with Gasteiger partial charge in [-0.15, -0.1) is 0 Å². The minimum atomic E-state index is -4.02. The molecule has 11 heteroatoms. The number of carbonyl (C=O) groups excluding carboxylic acids is 1. The Morgan fingerprint density at radius 1 is 1.06 bits per heavy atom. The number of hydrogen-bond donors (Lipinski definition) is 1. The van der Waals surface area contributed by atoms with Crippen molar-refractivity contribution >= 4 is 54.8 Å². The van der Waals surface area contributed by atoms with E-state index in [1.807, 2.05) is 0 Å². The largest absolute Gasteiger partial charge is 0.325 e. The number of nitrogens with zero attached hydrogens (tertiary/aromatic N) is 2. The number of amides is 1. The molecule has 0 aromatic heterocycles. The van der Waals surface area contributed by atoms with Gasteiger partial charge in [-0.25, -0.2) is 8.42 Å². The molecule has 0 bridgehead atoms. The van der Waals surface area contributed by atoms with Crippen molar-refractivity contribution in [1.82, 2.24) is 4.31 Å². The number of nitro benzene ring substituents is 1. The van der Waals surface area contributed by atoms with Crippen molar-refractivity contribution in [1.29, 1.82) is 0 Å². The molecule has 8 nitrogen and oxygen atoms in total. The average molecular weight is 539 g/mol. The summed E-state index contributed by atoms with van der Waals surface area (Å²) >= 11 is 9.18. The third-order valence-electron chi connectivity index (χ3n) is 4.38. The maximum absolute atomic E-state index is 13.3. The molecule has 3 rings (SSSR count). The van der Waals surface area contributed by atoms with E-state index >= 15 is 0 Å². The molecule has 0 aliphatic rings. The second-order valence-corrected chi connectivity index (χ2v) is 10.00. The van der Waals surface area contributed by atoms with Crippen LogP contribution in [-0.4, -0.2) is 30.1 Å². The third kappa shape index (κ3) is 6.13. The lowest BCUT2D eigenvalue weighted by molar-refractivity contribution is -0.384. The molecule has 0 aliphatic carbocycles. The molecule has 32 heavy (non-hydrogen) atoms.